The molecular weight excluding hydrogens is 350 g/mol. The zero-order chi connectivity index (χ0) is 20.2. The fraction of sp³-hybridized carbons (Fsp3) is 0.920. The maximum Gasteiger partial charge on any atom is 0.165 e. The van der Waals surface area contributed by atoms with Crippen LogP contribution in [0, 0.1) is 0 Å². The minimum atomic E-state index is 0.588. The van der Waals surface area contributed by atoms with Gasteiger partial charge in [0.25, 0.3) is 0 Å². The first-order chi connectivity index (χ1) is 13.1. The maximum atomic E-state index is 6.86. The summed E-state index contributed by atoms with van der Waals surface area (Å²) in [6.07, 6.45) is 26.8. The van der Waals surface area contributed by atoms with Crippen molar-refractivity contribution in [2.24, 2.45) is 0 Å². The van der Waals surface area contributed by atoms with Crippen LogP contribution in [-0.2, 0) is 0 Å². The highest BCUT2D eigenvalue weighted by atomic mass is 35.5. The Morgan fingerprint density at radius 2 is 1.00 bits per heavy atom. The van der Waals surface area contributed by atoms with E-state index in [-0.39, 0.29) is 0 Å². The van der Waals surface area contributed by atoms with Gasteiger partial charge in [0.1, 0.15) is 12.6 Å². The predicted molar refractivity (Wildman–Crippen MR) is 125 cm³/mol. The van der Waals surface area contributed by atoms with E-state index in [1.165, 1.54) is 116 Å². The van der Waals surface area contributed by atoms with Crippen LogP contribution < -0.4 is 0 Å². The quantitative estimate of drug-likeness (QED) is 0.102. The molecule has 0 N–H and O–H groups in total. The second-order valence-electron chi connectivity index (χ2n) is 8.80. The van der Waals surface area contributed by atoms with Crippen LogP contribution in [0.4, 0.5) is 0 Å². The van der Waals surface area contributed by atoms with Crippen molar-refractivity contribution in [1.82, 2.24) is 0 Å². The highest BCUT2D eigenvalue weighted by Gasteiger charge is 2.29. The molecule has 162 valence electrons. The van der Waals surface area contributed by atoms with Crippen molar-refractivity contribution in [3.8, 4) is 0 Å². The number of nitrogens with zero attached hydrogens (tertiary/aromatic N) is 1. The van der Waals surface area contributed by atoms with Crippen LogP contribution in [-0.4, -0.2) is 23.6 Å². The number of halogens is 1. The molecule has 0 spiro atoms. The van der Waals surface area contributed by atoms with Crippen LogP contribution in [0.1, 0.15) is 129 Å². The van der Waals surface area contributed by atoms with Crippen molar-refractivity contribution in [3.63, 3.8) is 0 Å². The summed E-state index contributed by atoms with van der Waals surface area (Å²) < 4.78 is 0.608. The molecular formula is C25H51ClN+. The van der Waals surface area contributed by atoms with Gasteiger partial charge in [0.05, 0.1) is 7.05 Å². The van der Waals surface area contributed by atoms with Gasteiger partial charge in [-0.1, -0.05) is 110 Å². The molecule has 0 aliphatic heterocycles. The van der Waals surface area contributed by atoms with E-state index in [1.807, 2.05) is 6.08 Å². The molecule has 1 nitrogen and oxygen atoms in total. The van der Waals surface area contributed by atoms with E-state index < -0.39 is 0 Å². The fourth-order valence-electron chi connectivity index (χ4n) is 4.11. The van der Waals surface area contributed by atoms with Gasteiger partial charge in [-0.25, -0.2) is 4.00 Å². The third-order valence-corrected chi connectivity index (χ3v) is 6.44. The topological polar surface area (TPSA) is 0 Å². The lowest BCUT2D eigenvalue weighted by Crippen LogP contribution is -2.44. The second-order valence-corrected chi connectivity index (χ2v) is 9.57. The Hall–Kier alpha value is -0.0100. The Morgan fingerprint density at radius 3 is 1.33 bits per heavy atom. The van der Waals surface area contributed by atoms with E-state index in [9.17, 15) is 0 Å². The summed E-state index contributed by atoms with van der Waals surface area (Å²) >= 11 is 6.86. The number of rotatable bonds is 21. The van der Waals surface area contributed by atoms with Gasteiger partial charge in [0.2, 0.25) is 0 Å². The molecule has 0 aliphatic carbocycles. The van der Waals surface area contributed by atoms with Gasteiger partial charge in [-0.3, -0.25) is 0 Å². The van der Waals surface area contributed by atoms with Crippen LogP contribution in [0.2, 0.25) is 0 Å². The van der Waals surface area contributed by atoms with E-state index >= 15 is 0 Å². The molecule has 0 aliphatic rings. The van der Waals surface area contributed by atoms with Gasteiger partial charge in [0, 0.05) is 12.8 Å². The Bertz CT molecular complexity index is 293. The number of likely N-dealkylation sites (N-methyl/N-ethyl adjacent to an activating group) is 1. The molecule has 0 amide bonds. The standard InChI is InChI=1S/C25H51ClN/c1-5-8-10-12-14-16-18-20-22-25(27(4,26)24-7-3)23-21-19-17-15-13-11-9-6-2/h7,25H,3,5-6,8-24H2,1-2,4H3/q+1. The predicted octanol–water partition coefficient (Wildman–Crippen LogP) is 9.20. The maximum absolute atomic E-state index is 6.86. The third-order valence-electron chi connectivity index (χ3n) is 6.03. The second kappa shape index (κ2) is 19.3. The van der Waals surface area contributed by atoms with Gasteiger partial charge in [0.15, 0.2) is 11.8 Å². The number of hydrogen-bond acceptors (Lipinski definition) is 0. The molecule has 0 bridgehead atoms. The zero-order valence-corrected chi connectivity index (χ0v) is 19.9. The smallest absolute Gasteiger partial charge is 0.165 e. The Balaban J connectivity index is 3.97. The molecule has 2 heteroatoms. The normalized spacial score (nSPS) is 13.8. The molecule has 1 unspecified atom stereocenters. The number of hydrogen-bond donors (Lipinski definition) is 0. The number of quaternary nitrogens is 1. The lowest BCUT2D eigenvalue weighted by Gasteiger charge is -2.33. The molecule has 0 radical (unpaired) electrons. The van der Waals surface area contributed by atoms with Crippen LogP contribution in [0.5, 0.6) is 0 Å². The minimum absolute atomic E-state index is 0.588. The molecule has 0 aromatic rings. The van der Waals surface area contributed by atoms with Crippen molar-refractivity contribution >= 4 is 11.8 Å². The molecule has 0 saturated carbocycles. The van der Waals surface area contributed by atoms with Crippen LogP contribution in [0.3, 0.4) is 0 Å². The summed E-state index contributed by atoms with van der Waals surface area (Å²) in [6.45, 7) is 9.37. The van der Waals surface area contributed by atoms with Gasteiger partial charge < -0.3 is 0 Å². The average molecular weight is 401 g/mol. The molecule has 0 fully saturated rings. The average Bonchev–Trinajstić information content (AvgIpc) is 2.64. The Labute approximate surface area is 177 Å². The van der Waals surface area contributed by atoms with Crippen molar-refractivity contribution in [2.75, 3.05) is 13.6 Å². The Morgan fingerprint density at radius 1 is 0.667 bits per heavy atom. The molecule has 0 heterocycles. The summed E-state index contributed by atoms with van der Waals surface area (Å²) in [7, 11) is 2.18. The highest BCUT2D eigenvalue weighted by molar-refractivity contribution is 6.06. The monoisotopic (exact) mass is 400 g/mol. The summed E-state index contributed by atoms with van der Waals surface area (Å²) in [4.78, 5) is 0. The van der Waals surface area contributed by atoms with Crippen molar-refractivity contribution in [2.45, 2.75) is 135 Å². The molecule has 0 saturated heterocycles. The van der Waals surface area contributed by atoms with E-state index in [0.29, 0.717) is 10.0 Å². The van der Waals surface area contributed by atoms with Crippen LogP contribution in [0.25, 0.3) is 0 Å². The van der Waals surface area contributed by atoms with Crippen molar-refractivity contribution in [3.05, 3.63) is 12.7 Å². The first-order valence-electron chi connectivity index (χ1n) is 12.2. The summed E-state index contributed by atoms with van der Waals surface area (Å²) in [5.74, 6) is 0. The van der Waals surface area contributed by atoms with E-state index in [2.05, 4.69) is 27.5 Å². The zero-order valence-electron chi connectivity index (χ0n) is 19.1. The van der Waals surface area contributed by atoms with Crippen LogP contribution >= 0.6 is 11.8 Å². The van der Waals surface area contributed by atoms with E-state index in [0.717, 1.165) is 6.54 Å². The fourth-order valence-corrected chi connectivity index (χ4v) is 4.40. The summed E-state index contributed by atoms with van der Waals surface area (Å²) in [6, 6.07) is 0.588. The van der Waals surface area contributed by atoms with Crippen molar-refractivity contribution in [1.29, 1.82) is 0 Å². The van der Waals surface area contributed by atoms with Gasteiger partial charge in [-0.2, -0.15) is 0 Å². The summed E-state index contributed by atoms with van der Waals surface area (Å²) in [5.41, 5.74) is 0. The SMILES string of the molecule is C=CC[N+](C)(Cl)C(CCCCCCCCCC)CCCCCCCCCC. The third kappa shape index (κ3) is 16.6. The lowest BCUT2D eigenvalue weighted by atomic mass is 9.98. The van der Waals surface area contributed by atoms with Crippen LogP contribution in [0.15, 0.2) is 12.7 Å². The molecule has 27 heavy (non-hydrogen) atoms. The molecule has 0 aromatic carbocycles. The van der Waals surface area contributed by atoms with Gasteiger partial charge >= 0.3 is 0 Å². The Kier molecular flexibility index (Phi) is 19.3. The van der Waals surface area contributed by atoms with Crippen molar-refractivity contribution < 1.29 is 4.00 Å². The minimum Gasteiger partial charge on any atom is -0.219 e. The number of unbranched alkanes of at least 4 members (excludes halogenated alkanes) is 14. The first kappa shape index (κ1) is 27.0. The largest absolute Gasteiger partial charge is 0.219 e. The highest BCUT2D eigenvalue weighted by Crippen LogP contribution is 2.26. The van der Waals surface area contributed by atoms with E-state index in [1.54, 1.807) is 0 Å². The van der Waals surface area contributed by atoms with E-state index in [4.69, 9.17) is 11.8 Å². The molecule has 0 aromatic heterocycles. The lowest BCUT2D eigenvalue weighted by molar-refractivity contribution is -0.816. The van der Waals surface area contributed by atoms with Gasteiger partial charge in [-0.15, -0.1) is 0 Å². The molecule has 1 atom stereocenters. The van der Waals surface area contributed by atoms with Gasteiger partial charge in [-0.05, 0) is 18.9 Å². The first-order valence-corrected chi connectivity index (χ1v) is 12.6. The molecule has 0 rings (SSSR count). The summed E-state index contributed by atoms with van der Waals surface area (Å²) in [5, 5.41) is 0.